The van der Waals surface area contributed by atoms with E-state index in [0.717, 1.165) is 24.5 Å². The largest absolute Gasteiger partial charge is 0.433 e. The zero-order chi connectivity index (χ0) is 16.0. The second-order valence-electron chi connectivity index (χ2n) is 7.85. The number of hydrogen-bond acceptors (Lipinski definition) is 3. The van der Waals surface area contributed by atoms with E-state index in [2.05, 4.69) is 45.9 Å². The molecule has 0 bridgehead atoms. The summed E-state index contributed by atoms with van der Waals surface area (Å²) >= 11 is 0. The van der Waals surface area contributed by atoms with Crippen LogP contribution in [-0.4, -0.2) is 33.5 Å². The van der Waals surface area contributed by atoms with Gasteiger partial charge in [-0.05, 0) is 12.0 Å². The molecule has 0 spiro atoms. The third-order valence-electron chi connectivity index (χ3n) is 3.51. The van der Waals surface area contributed by atoms with Gasteiger partial charge >= 0.3 is 5.97 Å². The Kier molecular flexibility index (Phi) is 7.98. The maximum Gasteiger partial charge on any atom is 0.332 e. The van der Waals surface area contributed by atoms with Crippen LogP contribution in [0.15, 0.2) is 12.7 Å². The number of rotatable bonds is 9. The Morgan fingerprint density at radius 1 is 1.20 bits per heavy atom. The summed E-state index contributed by atoms with van der Waals surface area (Å²) in [7, 11) is -2.24. The van der Waals surface area contributed by atoms with Crippen molar-refractivity contribution < 1.29 is 14.6 Å². The van der Waals surface area contributed by atoms with Crippen LogP contribution in [0.5, 0.6) is 0 Å². The molecule has 0 amide bonds. The molecule has 0 fully saturated rings. The molecule has 0 aliphatic carbocycles. The second-order valence-corrected chi connectivity index (χ2v) is 18.9. The summed E-state index contributed by atoms with van der Waals surface area (Å²) in [6, 6.07) is 1.35. The van der Waals surface area contributed by atoms with Crippen molar-refractivity contribution in [1.82, 2.24) is 0 Å². The molecule has 0 aromatic rings. The molecule has 20 heavy (non-hydrogen) atoms. The summed E-state index contributed by atoms with van der Waals surface area (Å²) in [5.74, 6) is -0.554. The van der Waals surface area contributed by atoms with Crippen molar-refractivity contribution in [3.05, 3.63) is 12.7 Å². The quantitative estimate of drug-likeness (QED) is 0.299. The van der Waals surface area contributed by atoms with Gasteiger partial charge in [-0.2, -0.15) is 0 Å². The number of aliphatic hydroxyl groups is 1. The highest BCUT2D eigenvalue weighted by Gasteiger charge is 2.30. The van der Waals surface area contributed by atoms with E-state index in [0.29, 0.717) is 6.42 Å². The molecule has 0 aliphatic heterocycles. The van der Waals surface area contributed by atoms with Crippen LogP contribution in [0.3, 0.4) is 0 Å². The van der Waals surface area contributed by atoms with Gasteiger partial charge in [-0.15, -0.1) is 0 Å². The Labute approximate surface area is 126 Å². The molecule has 0 aromatic carbocycles. The van der Waals surface area contributed by atoms with E-state index in [1.165, 1.54) is 6.04 Å². The molecule has 0 rings (SSSR count). The maximum atomic E-state index is 11.0. The fraction of sp³-hybridized carbons (Fsp3) is 0.800. The summed E-state index contributed by atoms with van der Waals surface area (Å²) in [4.78, 5) is 11.0. The Hall–Kier alpha value is -0.396. The molecule has 0 radical (unpaired) electrons. The lowest BCUT2D eigenvalue weighted by Gasteiger charge is -2.34. The molecule has 3 nitrogen and oxygen atoms in total. The van der Waals surface area contributed by atoms with Gasteiger partial charge < -0.3 is 9.84 Å². The van der Waals surface area contributed by atoms with Crippen molar-refractivity contribution in [2.24, 2.45) is 0 Å². The second kappa shape index (κ2) is 8.15. The maximum absolute atomic E-state index is 11.0. The summed E-state index contributed by atoms with van der Waals surface area (Å²) < 4.78 is 4.79. The summed E-state index contributed by atoms with van der Waals surface area (Å²) in [5.41, 5.74) is 0.788. The van der Waals surface area contributed by atoms with Gasteiger partial charge in [0.25, 0.3) is 0 Å². The first kappa shape index (κ1) is 19.6. The van der Waals surface area contributed by atoms with Gasteiger partial charge in [-0.3, -0.25) is 0 Å². The Balaban J connectivity index is 4.28. The molecule has 2 atom stereocenters. The van der Waals surface area contributed by atoms with Gasteiger partial charge in [0.2, 0.25) is 6.29 Å². The minimum atomic E-state index is -1.18. The van der Waals surface area contributed by atoms with E-state index in [9.17, 15) is 9.90 Å². The predicted molar refractivity (Wildman–Crippen MR) is 91.4 cm³/mol. The molecule has 2 unspecified atom stereocenters. The molecule has 0 aromatic heterocycles. The minimum Gasteiger partial charge on any atom is -0.433 e. The van der Waals surface area contributed by atoms with Crippen LogP contribution >= 0.6 is 0 Å². The average Bonchev–Trinajstić information content (AvgIpc) is 2.24. The molecule has 0 aliphatic rings. The van der Waals surface area contributed by atoms with Crippen molar-refractivity contribution in [3.63, 3.8) is 0 Å². The zero-order valence-electron chi connectivity index (χ0n) is 14.0. The number of esters is 1. The van der Waals surface area contributed by atoms with Crippen LogP contribution in [0, 0.1) is 0 Å². The van der Waals surface area contributed by atoms with Gasteiger partial charge in [0.1, 0.15) is 0 Å². The number of aliphatic hydroxyl groups excluding tert-OH is 1. The van der Waals surface area contributed by atoms with Crippen LogP contribution < -0.4 is 0 Å². The van der Waals surface area contributed by atoms with Crippen LogP contribution in [0.25, 0.3) is 0 Å². The first-order valence-electron chi connectivity index (χ1n) is 7.47. The highest BCUT2D eigenvalue weighted by Crippen LogP contribution is 2.35. The molecular formula is C15H32O3Si2. The lowest BCUT2D eigenvalue weighted by atomic mass is 10.2. The highest BCUT2D eigenvalue weighted by molar-refractivity contribution is 6.82. The molecular weight excluding hydrogens is 284 g/mol. The van der Waals surface area contributed by atoms with Crippen LogP contribution in [-0.2, 0) is 9.53 Å². The molecule has 0 saturated carbocycles. The van der Waals surface area contributed by atoms with E-state index >= 15 is 0 Å². The number of carbonyl (C=O) groups excluding carboxylic acids is 1. The van der Waals surface area contributed by atoms with Gasteiger partial charge in [-0.25, -0.2) is 4.79 Å². The van der Waals surface area contributed by atoms with Gasteiger partial charge in [0.05, 0.1) is 0 Å². The van der Waals surface area contributed by atoms with E-state index < -0.39 is 28.4 Å². The number of ether oxygens (including phenoxy) is 1. The monoisotopic (exact) mass is 316 g/mol. The number of carbonyl (C=O) groups is 1. The fourth-order valence-corrected chi connectivity index (χ4v) is 9.40. The van der Waals surface area contributed by atoms with Crippen molar-refractivity contribution in [3.8, 4) is 0 Å². The van der Waals surface area contributed by atoms with Gasteiger partial charge in [0, 0.05) is 28.6 Å². The summed E-state index contributed by atoms with van der Waals surface area (Å²) in [6.45, 7) is 17.8. The summed E-state index contributed by atoms with van der Waals surface area (Å²) in [6.07, 6.45) is 2.65. The highest BCUT2D eigenvalue weighted by atomic mass is 28.3. The smallest absolute Gasteiger partial charge is 0.332 e. The molecule has 5 heteroatoms. The van der Waals surface area contributed by atoms with Gasteiger partial charge in [-0.1, -0.05) is 58.3 Å². The fourth-order valence-electron chi connectivity index (χ4n) is 2.36. The van der Waals surface area contributed by atoms with Crippen LogP contribution in [0.4, 0.5) is 0 Å². The normalized spacial score (nSPS) is 15.6. The Morgan fingerprint density at radius 2 is 1.75 bits per heavy atom. The van der Waals surface area contributed by atoms with Crippen molar-refractivity contribution >= 4 is 22.1 Å². The zero-order valence-corrected chi connectivity index (χ0v) is 16.0. The van der Waals surface area contributed by atoms with Gasteiger partial charge in [0.15, 0.2) is 0 Å². The first-order valence-corrected chi connectivity index (χ1v) is 14.8. The van der Waals surface area contributed by atoms with Crippen LogP contribution in [0.1, 0.15) is 19.3 Å². The standard InChI is InChI=1S/C15H32O3Si2/c1-8-14(16)18-15(17)11-9-10-13(20(5,6)7)12-19(2,3)4/h8,13,15,17H,1,9-12H2,2-7H3. The van der Waals surface area contributed by atoms with E-state index in [-0.39, 0.29) is 0 Å². The van der Waals surface area contributed by atoms with E-state index in [1.807, 2.05) is 0 Å². The predicted octanol–water partition coefficient (Wildman–Crippen LogP) is 4.25. The third-order valence-corrected chi connectivity index (χ3v) is 8.57. The third kappa shape index (κ3) is 9.50. The minimum absolute atomic E-state index is 0.520. The molecule has 118 valence electrons. The van der Waals surface area contributed by atoms with Crippen molar-refractivity contribution in [1.29, 1.82) is 0 Å². The Morgan fingerprint density at radius 3 is 2.15 bits per heavy atom. The van der Waals surface area contributed by atoms with Crippen LogP contribution in [0.2, 0.25) is 50.9 Å². The molecule has 0 heterocycles. The van der Waals surface area contributed by atoms with E-state index in [1.54, 1.807) is 0 Å². The lowest BCUT2D eigenvalue weighted by Crippen LogP contribution is -2.34. The number of hydrogen-bond donors (Lipinski definition) is 1. The average molecular weight is 317 g/mol. The SMILES string of the molecule is C=CC(=O)OC(O)CCCC(C[Si](C)(C)C)[Si](C)(C)C. The first-order chi connectivity index (χ1) is 8.95. The Bertz CT molecular complexity index is 316. The van der Waals surface area contributed by atoms with Crippen molar-refractivity contribution in [2.45, 2.75) is 76.4 Å². The summed E-state index contributed by atoms with van der Waals surface area (Å²) in [5, 5.41) is 9.63. The topological polar surface area (TPSA) is 46.5 Å². The molecule has 0 saturated heterocycles. The lowest BCUT2D eigenvalue weighted by molar-refractivity contribution is -0.162. The molecule has 1 N–H and O–H groups in total. The van der Waals surface area contributed by atoms with Crippen molar-refractivity contribution in [2.75, 3.05) is 0 Å². The van der Waals surface area contributed by atoms with E-state index in [4.69, 9.17) is 4.74 Å².